The van der Waals surface area contributed by atoms with Crippen molar-refractivity contribution in [1.82, 2.24) is 4.57 Å². The number of nitro groups is 1. The maximum absolute atomic E-state index is 10.7. The van der Waals surface area contributed by atoms with Crippen molar-refractivity contribution in [3.63, 3.8) is 0 Å². The summed E-state index contributed by atoms with van der Waals surface area (Å²) in [6, 6.07) is 7.08. The number of hydrogen-bond acceptors (Lipinski definition) is 2. The number of benzene rings is 1. The second-order valence-corrected chi connectivity index (χ2v) is 4.30. The zero-order valence-corrected chi connectivity index (χ0v) is 10.1. The van der Waals surface area contributed by atoms with Gasteiger partial charge in [-0.25, -0.2) is 0 Å². The van der Waals surface area contributed by atoms with Crippen LogP contribution in [0.3, 0.4) is 0 Å². The Kier molecular flexibility index (Phi) is 3.13. The van der Waals surface area contributed by atoms with Crippen molar-refractivity contribution in [2.24, 2.45) is 7.05 Å². The molecule has 0 bridgehead atoms. The van der Waals surface area contributed by atoms with Crippen molar-refractivity contribution in [2.45, 2.75) is 26.2 Å². The zero-order chi connectivity index (χ0) is 12.4. The van der Waals surface area contributed by atoms with E-state index in [4.69, 9.17) is 0 Å². The lowest BCUT2D eigenvalue weighted by atomic mass is 10.2. The first-order valence-electron chi connectivity index (χ1n) is 5.86. The molecule has 90 valence electrons. The van der Waals surface area contributed by atoms with Crippen molar-refractivity contribution in [2.75, 3.05) is 0 Å². The number of nitro benzene ring substituents is 1. The fraction of sp³-hybridized carbons (Fsp3) is 0.385. The lowest BCUT2D eigenvalue weighted by Crippen LogP contribution is -1.95. The van der Waals surface area contributed by atoms with Crippen LogP contribution in [0.2, 0.25) is 0 Å². The van der Waals surface area contributed by atoms with Crippen LogP contribution in [-0.2, 0) is 13.5 Å². The summed E-state index contributed by atoms with van der Waals surface area (Å²) in [5, 5.41) is 11.7. The Hall–Kier alpha value is -1.84. The fourth-order valence-corrected chi connectivity index (χ4v) is 2.11. The summed E-state index contributed by atoms with van der Waals surface area (Å²) in [7, 11) is 2.01. The first-order valence-corrected chi connectivity index (χ1v) is 5.86. The summed E-state index contributed by atoms with van der Waals surface area (Å²) in [5.41, 5.74) is 2.45. The zero-order valence-electron chi connectivity index (χ0n) is 10.1. The van der Waals surface area contributed by atoms with Crippen molar-refractivity contribution in [1.29, 1.82) is 0 Å². The lowest BCUT2D eigenvalue weighted by molar-refractivity contribution is -0.384. The molecule has 0 amide bonds. The molecule has 4 heteroatoms. The van der Waals surface area contributed by atoms with Crippen LogP contribution in [0.25, 0.3) is 10.9 Å². The van der Waals surface area contributed by atoms with Gasteiger partial charge in [-0.2, -0.15) is 0 Å². The molecule has 0 aliphatic carbocycles. The van der Waals surface area contributed by atoms with Crippen LogP contribution in [0, 0.1) is 10.1 Å². The van der Waals surface area contributed by atoms with Gasteiger partial charge in [-0.3, -0.25) is 10.1 Å². The Bertz CT molecular complexity index is 558. The Morgan fingerprint density at radius 2 is 2.12 bits per heavy atom. The first kappa shape index (κ1) is 11.6. The van der Waals surface area contributed by atoms with Crippen molar-refractivity contribution in [3.8, 4) is 0 Å². The summed E-state index contributed by atoms with van der Waals surface area (Å²) < 4.78 is 2.12. The van der Waals surface area contributed by atoms with Gasteiger partial charge in [-0.05, 0) is 25.0 Å². The van der Waals surface area contributed by atoms with Crippen LogP contribution < -0.4 is 0 Å². The average Bonchev–Trinajstić information content (AvgIpc) is 2.63. The average molecular weight is 232 g/mol. The molecule has 0 atom stereocenters. The van der Waals surface area contributed by atoms with E-state index in [0.29, 0.717) is 0 Å². The predicted octanol–water partition coefficient (Wildman–Crippen LogP) is 3.43. The number of aryl methyl sites for hydroxylation is 2. The molecular weight excluding hydrogens is 216 g/mol. The minimum absolute atomic E-state index is 0.158. The van der Waals surface area contributed by atoms with Crippen LogP contribution in [0.4, 0.5) is 5.69 Å². The van der Waals surface area contributed by atoms with Gasteiger partial charge in [0.05, 0.1) is 4.92 Å². The van der Waals surface area contributed by atoms with Crippen LogP contribution in [0.1, 0.15) is 25.5 Å². The monoisotopic (exact) mass is 232 g/mol. The summed E-state index contributed by atoms with van der Waals surface area (Å²) in [4.78, 5) is 10.4. The van der Waals surface area contributed by atoms with E-state index in [1.165, 1.54) is 5.69 Å². The van der Waals surface area contributed by atoms with Crippen LogP contribution >= 0.6 is 0 Å². The van der Waals surface area contributed by atoms with E-state index in [9.17, 15) is 10.1 Å². The van der Waals surface area contributed by atoms with E-state index < -0.39 is 0 Å². The van der Waals surface area contributed by atoms with Gasteiger partial charge in [0, 0.05) is 35.8 Å². The van der Waals surface area contributed by atoms with Gasteiger partial charge < -0.3 is 4.57 Å². The highest BCUT2D eigenvalue weighted by Crippen LogP contribution is 2.24. The number of unbranched alkanes of at least 4 members (excludes halogenated alkanes) is 1. The standard InChI is InChI=1S/C13H16N2O2/c1-3-4-5-11-8-10-9-12(15(16)17)6-7-13(10)14(11)2/h6-9H,3-5H2,1-2H3. The van der Waals surface area contributed by atoms with Gasteiger partial charge in [0.15, 0.2) is 0 Å². The SMILES string of the molecule is CCCCc1cc2cc([N+](=O)[O-])ccc2n1C. The van der Waals surface area contributed by atoms with E-state index >= 15 is 0 Å². The molecule has 0 fully saturated rings. The van der Waals surface area contributed by atoms with Gasteiger partial charge in [0.1, 0.15) is 0 Å². The third-order valence-corrected chi connectivity index (χ3v) is 3.12. The molecule has 0 radical (unpaired) electrons. The molecule has 2 aromatic rings. The minimum atomic E-state index is -0.349. The second kappa shape index (κ2) is 4.57. The molecule has 17 heavy (non-hydrogen) atoms. The number of rotatable bonds is 4. The van der Waals surface area contributed by atoms with Gasteiger partial charge in [-0.15, -0.1) is 0 Å². The first-order chi connectivity index (χ1) is 8.13. The molecule has 4 nitrogen and oxygen atoms in total. The molecular formula is C13H16N2O2. The smallest absolute Gasteiger partial charge is 0.270 e. The van der Waals surface area contributed by atoms with Crippen molar-refractivity contribution >= 4 is 16.6 Å². The number of nitrogens with zero attached hydrogens (tertiary/aromatic N) is 2. The Morgan fingerprint density at radius 3 is 2.76 bits per heavy atom. The molecule has 1 heterocycles. The fourth-order valence-electron chi connectivity index (χ4n) is 2.11. The van der Waals surface area contributed by atoms with Gasteiger partial charge in [0.25, 0.3) is 5.69 Å². The number of fused-ring (bicyclic) bond motifs is 1. The van der Waals surface area contributed by atoms with Gasteiger partial charge in [-0.1, -0.05) is 13.3 Å². The molecule has 2 rings (SSSR count). The van der Waals surface area contributed by atoms with Crippen molar-refractivity contribution < 1.29 is 4.92 Å². The Labute approximate surface area is 100 Å². The molecule has 0 spiro atoms. The lowest BCUT2D eigenvalue weighted by Gasteiger charge is -2.02. The Balaban J connectivity index is 2.45. The summed E-state index contributed by atoms with van der Waals surface area (Å²) in [6.07, 6.45) is 3.32. The summed E-state index contributed by atoms with van der Waals surface area (Å²) >= 11 is 0. The third-order valence-electron chi connectivity index (χ3n) is 3.12. The summed E-state index contributed by atoms with van der Waals surface area (Å²) in [5.74, 6) is 0. The molecule has 0 saturated carbocycles. The molecule has 0 aliphatic heterocycles. The normalized spacial score (nSPS) is 10.9. The van der Waals surface area contributed by atoms with E-state index in [1.807, 2.05) is 13.1 Å². The van der Waals surface area contributed by atoms with E-state index in [0.717, 1.165) is 30.2 Å². The minimum Gasteiger partial charge on any atom is -0.348 e. The second-order valence-electron chi connectivity index (χ2n) is 4.30. The third kappa shape index (κ3) is 2.16. The largest absolute Gasteiger partial charge is 0.348 e. The highest BCUT2D eigenvalue weighted by atomic mass is 16.6. The summed E-state index contributed by atoms with van der Waals surface area (Å²) in [6.45, 7) is 2.16. The molecule has 0 N–H and O–H groups in total. The topological polar surface area (TPSA) is 48.1 Å². The predicted molar refractivity (Wildman–Crippen MR) is 68.2 cm³/mol. The number of hydrogen-bond donors (Lipinski definition) is 0. The Morgan fingerprint density at radius 1 is 1.35 bits per heavy atom. The van der Waals surface area contributed by atoms with Crippen LogP contribution in [-0.4, -0.2) is 9.49 Å². The maximum Gasteiger partial charge on any atom is 0.270 e. The number of non-ortho nitro benzene ring substituents is 1. The molecule has 0 unspecified atom stereocenters. The maximum atomic E-state index is 10.7. The number of aromatic nitrogens is 1. The highest BCUT2D eigenvalue weighted by molar-refractivity contribution is 5.83. The van der Waals surface area contributed by atoms with Crippen molar-refractivity contribution in [3.05, 3.63) is 40.1 Å². The molecule has 0 saturated heterocycles. The van der Waals surface area contributed by atoms with Crippen LogP contribution in [0.15, 0.2) is 24.3 Å². The van der Waals surface area contributed by atoms with E-state index in [-0.39, 0.29) is 10.6 Å². The molecule has 1 aromatic heterocycles. The van der Waals surface area contributed by atoms with Gasteiger partial charge >= 0.3 is 0 Å². The van der Waals surface area contributed by atoms with Crippen LogP contribution in [0.5, 0.6) is 0 Å². The quantitative estimate of drug-likeness (QED) is 0.599. The van der Waals surface area contributed by atoms with Gasteiger partial charge in [0.2, 0.25) is 0 Å². The molecule has 0 aliphatic rings. The highest BCUT2D eigenvalue weighted by Gasteiger charge is 2.10. The van der Waals surface area contributed by atoms with E-state index in [2.05, 4.69) is 17.6 Å². The van der Waals surface area contributed by atoms with E-state index in [1.54, 1.807) is 12.1 Å². The molecule has 1 aromatic carbocycles.